The first-order valence-electron chi connectivity index (χ1n) is 17.4. The topological polar surface area (TPSA) is 67.2 Å². The molecule has 8 heteroatoms. The van der Waals surface area contributed by atoms with Crippen LogP contribution < -0.4 is 4.90 Å². The van der Waals surface area contributed by atoms with E-state index in [1.807, 2.05) is 20.8 Å². The number of methoxy groups -OCH3 is 1. The van der Waals surface area contributed by atoms with E-state index in [1.165, 1.54) is 47.0 Å². The van der Waals surface area contributed by atoms with Crippen LogP contribution in [-0.4, -0.2) is 77.9 Å². The minimum atomic E-state index is -0.590. The summed E-state index contributed by atoms with van der Waals surface area (Å²) in [5, 5.41) is 1.20. The van der Waals surface area contributed by atoms with Crippen molar-refractivity contribution in [2.45, 2.75) is 96.4 Å². The molecule has 2 atom stereocenters. The van der Waals surface area contributed by atoms with Gasteiger partial charge in [0.25, 0.3) is 0 Å². The number of anilines is 1. The van der Waals surface area contributed by atoms with E-state index in [-0.39, 0.29) is 29.9 Å². The van der Waals surface area contributed by atoms with E-state index < -0.39 is 5.60 Å². The van der Waals surface area contributed by atoms with Crippen molar-refractivity contribution in [2.75, 3.05) is 44.8 Å². The molecule has 3 aromatic rings. The standard InChI is InChI=1S/C38H52N4O4/c1-38(2,3)46-37(44)41-22-18-32(28-12-10-13-31(24-28)39-19-8-5-9-20-39)34(27-41)36(43)42(30-16-17-30)26-29-25-40(21-11-23-45-4)35-15-7-6-14-33(29)35/h6-7,10,12-15,24-25,30,32,34H,5,8-9,11,16-23,26-27H2,1-4H3/t32-,34+/m1/s1. The first kappa shape index (κ1) is 32.4. The van der Waals surface area contributed by atoms with Crippen LogP contribution in [0.3, 0.4) is 0 Å². The van der Waals surface area contributed by atoms with Crippen LogP contribution in [0.15, 0.2) is 54.7 Å². The molecule has 3 aliphatic rings. The Morgan fingerprint density at radius 1 is 0.957 bits per heavy atom. The first-order valence-corrected chi connectivity index (χ1v) is 17.4. The molecule has 2 aromatic carbocycles. The molecule has 0 unspecified atom stereocenters. The highest BCUT2D eigenvalue weighted by Gasteiger charge is 2.43. The summed E-state index contributed by atoms with van der Waals surface area (Å²) in [5.74, 6) is -0.151. The maximum absolute atomic E-state index is 14.9. The number of aromatic nitrogens is 1. The van der Waals surface area contributed by atoms with Gasteiger partial charge in [-0.05, 0) is 101 Å². The molecule has 2 saturated heterocycles. The van der Waals surface area contributed by atoms with E-state index in [4.69, 9.17) is 9.47 Å². The monoisotopic (exact) mass is 628 g/mol. The molecule has 1 aromatic heterocycles. The largest absolute Gasteiger partial charge is 0.444 e. The number of hydrogen-bond acceptors (Lipinski definition) is 5. The van der Waals surface area contributed by atoms with Crippen molar-refractivity contribution in [2.24, 2.45) is 5.92 Å². The van der Waals surface area contributed by atoms with Gasteiger partial charge < -0.3 is 28.7 Å². The van der Waals surface area contributed by atoms with E-state index >= 15 is 0 Å². The predicted molar refractivity (Wildman–Crippen MR) is 183 cm³/mol. The lowest BCUT2D eigenvalue weighted by Crippen LogP contribution is -2.51. The molecule has 1 aliphatic carbocycles. The molecule has 1 saturated carbocycles. The van der Waals surface area contributed by atoms with Gasteiger partial charge in [0.05, 0.1) is 5.92 Å². The summed E-state index contributed by atoms with van der Waals surface area (Å²) in [7, 11) is 1.74. The average molecular weight is 629 g/mol. The summed E-state index contributed by atoms with van der Waals surface area (Å²) in [6.07, 6.45) is 9.35. The molecule has 0 radical (unpaired) electrons. The highest BCUT2D eigenvalue weighted by Crippen LogP contribution is 2.40. The first-order chi connectivity index (χ1) is 22.2. The Morgan fingerprint density at radius 3 is 2.48 bits per heavy atom. The lowest BCUT2D eigenvalue weighted by atomic mass is 9.79. The van der Waals surface area contributed by atoms with Gasteiger partial charge in [0, 0.05) is 81.8 Å². The molecule has 3 heterocycles. The maximum Gasteiger partial charge on any atom is 0.410 e. The number of carbonyl (C=O) groups excluding carboxylic acids is 2. The number of fused-ring (bicyclic) bond motifs is 1. The lowest BCUT2D eigenvalue weighted by molar-refractivity contribution is -0.139. The number of likely N-dealkylation sites (tertiary alicyclic amines) is 1. The number of ether oxygens (including phenoxy) is 2. The molecule has 0 spiro atoms. The molecular formula is C38H52N4O4. The summed E-state index contributed by atoms with van der Waals surface area (Å²) in [4.78, 5) is 34.6. The Morgan fingerprint density at radius 2 is 1.74 bits per heavy atom. The third-order valence-electron chi connectivity index (χ3n) is 9.83. The molecule has 0 bridgehead atoms. The van der Waals surface area contributed by atoms with Crippen LogP contribution in [0.5, 0.6) is 0 Å². The number of para-hydroxylation sites is 1. The third-order valence-corrected chi connectivity index (χ3v) is 9.83. The Bertz CT molecular complexity index is 1500. The van der Waals surface area contributed by atoms with Crippen LogP contribution in [-0.2, 0) is 27.4 Å². The van der Waals surface area contributed by atoms with Crippen LogP contribution in [0.25, 0.3) is 10.9 Å². The Kier molecular flexibility index (Phi) is 9.92. The highest BCUT2D eigenvalue weighted by atomic mass is 16.6. The van der Waals surface area contributed by atoms with Gasteiger partial charge in [-0.1, -0.05) is 30.3 Å². The molecule has 248 valence electrons. The fourth-order valence-electron chi connectivity index (χ4n) is 7.38. The summed E-state index contributed by atoms with van der Waals surface area (Å²) in [5.41, 5.74) is 4.23. The molecule has 8 nitrogen and oxygen atoms in total. The summed E-state index contributed by atoms with van der Waals surface area (Å²) in [6.45, 7) is 11.0. The van der Waals surface area contributed by atoms with E-state index in [1.54, 1.807) is 12.0 Å². The zero-order chi connectivity index (χ0) is 32.3. The van der Waals surface area contributed by atoms with Crippen molar-refractivity contribution in [3.8, 4) is 0 Å². The summed E-state index contributed by atoms with van der Waals surface area (Å²) < 4.78 is 13.4. The van der Waals surface area contributed by atoms with Gasteiger partial charge in [0.1, 0.15) is 5.60 Å². The van der Waals surface area contributed by atoms with Gasteiger partial charge in [-0.15, -0.1) is 0 Å². The predicted octanol–water partition coefficient (Wildman–Crippen LogP) is 7.20. The van der Waals surface area contributed by atoms with Crippen LogP contribution in [0.2, 0.25) is 0 Å². The van der Waals surface area contributed by atoms with Crippen molar-refractivity contribution in [1.82, 2.24) is 14.4 Å². The molecule has 2 amide bonds. The van der Waals surface area contributed by atoms with Crippen LogP contribution >= 0.6 is 0 Å². The smallest absolute Gasteiger partial charge is 0.410 e. The normalized spacial score (nSPS) is 20.6. The molecule has 46 heavy (non-hydrogen) atoms. The third kappa shape index (κ3) is 7.54. The molecule has 3 fully saturated rings. The van der Waals surface area contributed by atoms with E-state index in [0.717, 1.165) is 45.3 Å². The van der Waals surface area contributed by atoms with E-state index in [9.17, 15) is 9.59 Å². The molecular weight excluding hydrogens is 576 g/mol. The van der Waals surface area contributed by atoms with Gasteiger partial charge in [-0.2, -0.15) is 0 Å². The quantitative estimate of drug-likeness (QED) is 0.222. The number of piperidine rings is 2. The maximum atomic E-state index is 14.9. The number of hydrogen-bond donors (Lipinski definition) is 0. The highest BCUT2D eigenvalue weighted by molar-refractivity contribution is 5.86. The second kappa shape index (κ2) is 14.1. The van der Waals surface area contributed by atoms with Crippen molar-refractivity contribution in [3.05, 3.63) is 65.9 Å². The SMILES string of the molecule is COCCCn1cc(CN(C(=O)[C@H]2CN(C(=O)OC(C)(C)C)CC[C@@H]2c2cccc(N3CCCCC3)c2)C2CC2)c2ccccc21. The van der Waals surface area contributed by atoms with E-state index in [0.29, 0.717) is 26.2 Å². The minimum absolute atomic E-state index is 0.0348. The Labute approximate surface area is 274 Å². The Hall–Kier alpha value is -3.52. The summed E-state index contributed by atoms with van der Waals surface area (Å²) in [6, 6.07) is 17.6. The number of aryl methyl sites for hydroxylation is 1. The number of rotatable bonds is 10. The van der Waals surface area contributed by atoms with Gasteiger partial charge in [0.15, 0.2) is 0 Å². The van der Waals surface area contributed by atoms with Gasteiger partial charge >= 0.3 is 6.09 Å². The van der Waals surface area contributed by atoms with Crippen molar-refractivity contribution in [1.29, 1.82) is 0 Å². The van der Waals surface area contributed by atoms with E-state index in [2.05, 4.69) is 69.1 Å². The lowest BCUT2D eigenvalue weighted by Gasteiger charge is -2.41. The molecule has 2 aliphatic heterocycles. The number of benzene rings is 2. The average Bonchev–Trinajstić information content (AvgIpc) is 3.85. The van der Waals surface area contributed by atoms with Gasteiger partial charge in [0.2, 0.25) is 5.91 Å². The fraction of sp³-hybridized carbons (Fsp3) is 0.579. The fourth-order valence-corrected chi connectivity index (χ4v) is 7.38. The minimum Gasteiger partial charge on any atom is -0.444 e. The second-order valence-electron chi connectivity index (χ2n) is 14.5. The zero-order valence-corrected chi connectivity index (χ0v) is 28.2. The van der Waals surface area contributed by atoms with Crippen molar-refractivity contribution < 1.29 is 19.1 Å². The molecule has 0 N–H and O–H groups in total. The van der Waals surface area contributed by atoms with Crippen LogP contribution in [0.4, 0.5) is 10.5 Å². The summed E-state index contributed by atoms with van der Waals surface area (Å²) >= 11 is 0. The van der Waals surface area contributed by atoms with Crippen molar-refractivity contribution >= 4 is 28.6 Å². The number of carbonyl (C=O) groups is 2. The van der Waals surface area contributed by atoms with Crippen LogP contribution in [0.1, 0.15) is 82.8 Å². The van der Waals surface area contributed by atoms with Gasteiger partial charge in [-0.3, -0.25) is 4.79 Å². The van der Waals surface area contributed by atoms with Crippen molar-refractivity contribution in [3.63, 3.8) is 0 Å². The van der Waals surface area contributed by atoms with Crippen LogP contribution in [0, 0.1) is 5.92 Å². The second-order valence-corrected chi connectivity index (χ2v) is 14.5. The Balaban J connectivity index is 1.30. The number of amides is 2. The zero-order valence-electron chi connectivity index (χ0n) is 28.2. The molecule has 6 rings (SSSR count). The number of nitrogens with zero attached hydrogens (tertiary/aromatic N) is 4. The van der Waals surface area contributed by atoms with Gasteiger partial charge in [-0.25, -0.2) is 4.79 Å².